The minimum absolute atomic E-state index is 0.0294. The molecule has 0 aliphatic carbocycles. The van der Waals surface area contributed by atoms with E-state index in [-0.39, 0.29) is 10.8 Å². The molecule has 0 bridgehead atoms. The predicted molar refractivity (Wildman–Crippen MR) is 100 cm³/mol. The molecule has 0 aromatic carbocycles. The highest BCUT2D eigenvalue weighted by molar-refractivity contribution is 7.84. The largest absolute Gasteiger partial charge is 0.331 e. The summed E-state index contributed by atoms with van der Waals surface area (Å²) < 4.78 is 17.8. The molecule has 23 heavy (non-hydrogen) atoms. The summed E-state index contributed by atoms with van der Waals surface area (Å²) in [5, 5.41) is 0. The van der Waals surface area contributed by atoms with Crippen LogP contribution in [0.3, 0.4) is 0 Å². The monoisotopic (exact) mass is 351 g/mol. The second-order valence-corrected chi connectivity index (χ2v) is 14.9. The Morgan fingerprint density at radius 1 is 1.43 bits per heavy atom. The average Bonchev–Trinajstić information content (AvgIpc) is 2.96. The Hall–Kier alpha value is -0.903. The molecule has 0 amide bonds. The number of nitrogens with zero attached hydrogens (tertiary/aromatic N) is 2. The molecule has 4 nitrogen and oxygen atoms in total. The minimum Gasteiger partial charge on any atom is -0.331 e. The van der Waals surface area contributed by atoms with E-state index in [4.69, 9.17) is 0 Å². The fourth-order valence-corrected chi connectivity index (χ4v) is 3.94. The molecule has 1 N–H and O–H groups in total. The molecule has 2 atom stereocenters. The number of rotatable bonds is 4. The fourth-order valence-electron chi connectivity index (χ4n) is 2.49. The average molecular weight is 352 g/mol. The Balaban J connectivity index is 2.23. The van der Waals surface area contributed by atoms with Gasteiger partial charge in [-0.05, 0) is 27.2 Å². The van der Waals surface area contributed by atoms with Crippen LogP contribution < -0.4 is 4.72 Å². The van der Waals surface area contributed by atoms with Gasteiger partial charge in [-0.15, -0.1) is 11.5 Å². The van der Waals surface area contributed by atoms with Crippen LogP contribution >= 0.6 is 0 Å². The van der Waals surface area contributed by atoms with Crippen molar-refractivity contribution in [2.45, 2.75) is 77.0 Å². The topological polar surface area (TPSA) is 46.9 Å². The Labute approximate surface area is 144 Å². The van der Waals surface area contributed by atoms with E-state index in [1.807, 2.05) is 27.0 Å². The van der Waals surface area contributed by atoms with E-state index in [0.29, 0.717) is 6.42 Å². The summed E-state index contributed by atoms with van der Waals surface area (Å²) in [4.78, 5) is 4.53. The highest BCUT2D eigenvalue weighted by atomic mass is 32.2. The quantitative estimate of drug-likeness (QED) is 0.669. The van der Waals surface area contributed by atoms with Crippen molar-refractivity contribution in [2.75, 3.05) is 0 Å². The van der Waals surface area contributed by atoms with Crippen LogP contribution in [0.1, 0.15) is 51.2 Å². The van der Waals surface area contributed by atoms with Crippen LogP contribution in [0.4, 0.5) is 0 Å². The number of nitrogens with one attached hydrogen (secondary N) is 1. The molecule has 1 aliphatic rings. The smallest absolute Gasteiger partial charge is 0.129 e. The van der Waals surface area contributed by atoms with Gasteiger partial charge in [0, 0.05) is 19.4 Å². The molecule has 0 saturated carbocycles. The van der Waals surface area contributed by atoms with Crippen LogP contribution in [0.5, 0.6) is 0 Å². The zero-order valence-corrected chi connectivity index (χ0v) is 17.0. The highest BCUT2D eigenvalue weighted by Crippen LogP contribution is 2.25. The van der Waals surface area contributed by atoms with Crippen molar-refractivity contribution >= 4 is 19.1 Å². The summed E-state index contributed by atoms with van der Waals surface area (Å²) in [6.45, 7) is 13.7. The number of hydrogen-bond donors (Lipinski definition) is 1. The van der Waals surface area contributed by atoms with Crippen LogP contribution in [0, 0.1) is 11.5 Å². The van der Waals surface area contributed by atoms with Gasteiger partial charge >= 0.3 is 0 Å². The Morgan fingerprint density at radius 3 is 2.74 bits per heavy atom. The standard InChI is InChI=1S/C17H29N3OSSi/c1-17(2,3)22(21)19-14(9-8-12-23(4,5)6)15-13-18-16-10-7-11-20(15)16/h13-14,19H,7,9-11H2,1-6H3. The minimum atomic E-state index is -1.39. The van der Waals surface area contributed by atoms with Gasteiger partial charge in [-0.3, -0.25) is 0 Å². The first-order valence-electron chi connectivity index (χ1n) is 8.30. The maximum atomic E-state index is 12.6. The molecule has 1 aliphatic heterocycles. The van der Waals surface area contributed by atoms with Crippen molar-refractivity contribution in [3.05, 3.63) is 17.7 Å². The summed E-state index contributed by atoms with van der Waals surface area (Å²) in [6, 6.07) is -0.0294. The van der Waals surface area contributed by atoms with Crippen molar-refractivity contribution in [1.29, 1.82) is 0 Å². The number of aryl methyl sites for hydroxylation is 1. The van der Waals surface area contributed by atoms with Crippen molar-refractivity contribution in [3.8, 4) is 11.5 Å². The lowest BCUT2D eigenvalue weighted by Crippen LogP contribution is -2.36. The first-order valence-corrected chi connectivity index (χ1v) is 13.0. The van der Waals surface area contributed by atoms with Crippen LogP contribution in [0.15, 0.2) is 6.20 Å². The molecule has 0 spiro atoms. The molecule has 6 heteroatoms. The van der Waals surface area contributed by atoms with E-state index in [0.717, 1.165) is 30.9 Å². The van der Waals surface area contributed by atoms with Gasteiger partial charge in [-0.25, -0.2) is 13.9 Å². The molecule has 1 aromatic heterocycles. The Kier molecular flexibility index (Phi) is 5.54. The van der Waals surface area contributed by atoms with Gasteiger partial charge < -0.3 is 4.57 Å². The van der Waals surface area contributed by atoms with Gasteiger partial charge in [-0.1, -0.05) is 19.6 Å². The second-order valence-electron chi connectivity index (χ2n) is 8.16. The summed E-state index contributed by atoms with van der Waals surface area (Å²) >= 11 is 0. The second kappa shape index (κ2) is 6.92. The van der Waals surface area contributed by atoms with Gasteiger partial charge in [0.15, 0.2) is 0 Å². The highest BCUT2D eigenvalue weighted by Gasteiger charge is 2.27. The van der Waals surface area contributed by atoms with Crippen LogP contribution in [-0.4, -0.2) is 26.6 Å². The van der Waals surface area contributed by atoms with Crippen LogP contribution in [0.2, 0.25) is 19.6 Å². The van der Waals surface area contributed by atoms with Gasteiger partial charge in [-0.2, -0.15) is 0 Å². The maximum absolute atomic E-state index is 12.6. The summed E-state index contributed by atoms with van der Waals surface area (Å²) in [7, 11) is -2.51. The molecule has 128 valence electrons. The predicted octanol–water partition coefficient (Wildman–Crippen LogP) is 3.19. The third kappa shape index (κ3) is 5.03. The molecule has 0 radical (unpaired) electrons. The normalized spacial score (nSPS) is 17.3. The lowest BCUT2D eigenvalue weighted by Gasteiger charge is -2.24. The van der Waals surface area contributed by atoms with Gasteiger partial charge in [0.25, 0.3) is 0 Å². The zero-order chi connectivity index (χ0) is 17.3. The molecular weight excluding hydrogens is 322 g/mol. The SMILES string of the molecule is CC(C)(C)S(=O)NC(CC#C[Si](C)(C)C)c1cnc2n1CCC2. The van der Waals surface area contributed by atoms with E-state index in [9.17, 15) is 4.21 Å². The number of imidazole rings is 1. The molecule has 0 saturated heterocycles. The molecule has 0 fully saturated rings. The summed E-state index contributed by atoms with van der Waals surface area (Å²) in [5.41, 5.74) is 4.54. The Morgan fingerprint density at radius 2 is 2.13 bits per heavy atom. The lowest BCUT2D eigenvalue weighted by molar-refractivity contribution is 0.572. The van der Waals surface area contributed by atoms with Gasteiger partial charge in [0.1, 0.15) is 13.9 Å². The van der Waals surface area contributed by atoms with Crippen LogP contribution in [-0.2, 0) is 24.0 Å². The van der Waals surface area contributed by atoms with Gasteiger partial charge in [0.2, 0.25) is 0 Å². The van der Waals surface area contributed by atoms with E-state index in [1.165, 1.54) is 0 Å². The molecule has 2 heterocycles. The zero-order valence-electron chi connectivity index (χ0n) is 15.2. The summed E-state index contributed by atoms with van der Waals surface area (Å²) in [5.74, 6) is 4.48. The van der Waals surface area contributed by atoms with Crippen LogP contribution in [0.25, 0.3) is 0 Å². The third-order valence-electron chi connectivity index (χ3n) is 3.68. The Bertz CT molecular complexity index is 644. The van der Waals surface area contributed by atoms with E-state index in [1.54, 1.807) is 0 Å². The van der Waals surface area contributed by atoms with Gasteiger partial charge in [0.05, 0.1) is 33.7 Å². The molecule has 1 aromatic rings. The number of fused-ring (bicyclic) bond motifs is 1. The first kappa shape index (κ1) is 18.4. The number of hydrogen-bond acceptors (Lipinski definition) is 2. The summed E-state index contributed by atoms with van der Waals surface area (Å²) in [6.07, 6.45) is 4.79. The van der Waals surface area contributed by atoms with E-state index in [2.05, 4.69) is 45.4 Å². The lowest BCUT2D eigenvalue weighted by atomic mass is 10.2. The number of aromatic nitrogens is 2. The molecule has 2 rings (SSSR count). The van der Waals surface area contributed by atoms with Crippen molar-refractivity contribution in [2.24, 2.45) is 0 Å². The third-order valence-corrected chi connectivity index (χ3v) is 6.22. The molecular formula is C17H29N3OSSi. The van der Waals surface area contributed by atoms with Crippen molar-refractivity contribution in [1.82, 2.24) is 14.3 Å². The van der Waals surface area contributed by atoms with Crippen molar-refractivity contribution < 1.29 is 4.21 Å². The van der Waals surface area contributed by atoms with E-state index < -0.39 is 19.1 Å². The maximum Gasteiger partial charge on any atom is 0.129 e. The first-order chi connectivity index (χ1) is 10.6. The van der Waals surface area contributed by atoms with E-state index >= 15 is 0 Å². The fraction of sp³-hybridized carbons (Fsp3) is 0.706. The van der Waals surface area contributed by atoms with Crippen molar-refractivity contribution in [3.63, 3.8) is 0 Å². The molecule has 2 unspecified atom stereocenters.